The summed E-state index contributed by atoms with van der Waals surface area (Å²) in [6.45, 7) is 8.10. The average Bonchev–Trinajstić information content (AvgIpc) is 3.79. The molecule has 2 saturated carbocycles. The van der Waals surface area contributed by atoms with Crippen molar-refractivity contribution in [1.82, 2.24) is 4.90 Å². The minimum absolute atomic E-state index is 0.00300. The van der Waals surface area contributed by atoms with Crippen LogP contribution in [0.4, 0.5) is 10.1 Å². The first-order valence-corrected chi connectivity index (χ1v) is 22.7. The van der Waals surface area contributed by atoms with Gasteiger partial charge in [-0.25, -0.2) is 4.39 Å². The van der Waals surface area contributed by atoms with Gasteiger partial charge in [-0.1, -0.05) is 26.0 Å². The minimum atomic E-state index is -0.661. The van der Waals surface area contributed by atoms with Gasteiger partial charge in [0.2, 0.25) is 0 Å². The molecule has 336 valence electrons. The summed E-state index contributed by atoms with van der Waals surface area (Å²) in [4.78, 5) is 31.3. The summed E-state index contributed by atoms with van der Waals surface area (Å²) in [6, 6.07) is 6.70. The fourth-order valence-electron chi connectivity index (χ4n) is 12.0. The number of nitrogens with one attached hydrogen (secondary N) is 1. The molecule has 12 nitrogen and oxygen atoms in total. The summed E-state index contributed by atoms with van der Waals surface area (Å²) in [6.07, 6.45) is 5.89. The van der Waals surface area contributed by atoms with Crippen LogP contribution in [-0.4, -0.2) is 126 Å². The molecule has 1 aromatic carbocycles. The summed E-state index contributed by atoms with van der Waals surface area (Å²) in [5.41, 5.74) is 1.37. The van der Waals surface area contributed by atoms with Crippen LogP contribution in [0.15, 0.2) is 35.9 Å². The molecule has 6 aliphatic rings. The van der Waals surface area contributed by atoms with E-state index in [4.69, 9.17) is 37.9 Å². The predicted octanol–water partition coefficient (Wildman–Crippen LogP) is 6.94. The third-order valence-electron chi connectivity index (χ3n) is 15.0. The zero-order valence-electron chi connectivity index (χ0n) is 37.3. The van der Waals surface area contributed by atoms with Gasteiger partial charge >= 0.3 is 5.97 Å². The van der Waals surface area contributed by atoms with Crippen molar-refractivity contribution >= 4 is 17.4 Å². The smallest absolute Gasteiger partial charge is 0.306 e. The number of rotatable bonds is 11. The highest BCUT2D eigenvalue weighted by molar-refractivity contribution is 5.99. The molecule has 1 N–H and O–H groups in total. The SMILES string of the molecule is CC[C@H]1CCC[C@H](O[C@H]2CC[C@H](N(C)C)C(C)O2)[C@@H](C)C(=O)C2=C[C@H]3[C@@H]4C[C@H](O[C@@H]5OC(C)[C@H](OC)C(OC)C5OC)C[C@H]4C[C@H](Nc4cccc(F)c4)[C@H]3[C@@H]2CC(=O)O1. The van der Waals surface area contributed by atoms with Crippen molar-refractivity contribution in [2.24, 2.45) is 35.5 Å². The molecule has 0 amide bonds. The Hall–Kier alpha value is -2.49. The Morgan fingerprint density at radius 3 is 2.33 bits per heavy atom. The quantitative estimate of drug-likeness (QED) is 0.232. The van der Waals surface area contributed by atoms with Crippen molar-refractivity contribution < 1.29 is 51.9 Å². The summed E-state index contributed by atoms with van der Waals surface area (Å²) in [7, 11) is 9.09. The van der Waals surface area contributed by atoms with E-state index >= 15 is 4.79 Å². The molecule has 0 aromatic heterocycles. The number of ketones is 1. The van der Waals surface area contributed by atoms with Crippen LogP contribution < -0.4 is 5.32 Å². The summed E-state index contributed by atoms with van der Waals surface area (Å²) in [5.74, 6) is -1.14. The monoisotopic (exact) mass is 843 g/mol. The Morgan fingerprint density at radius 2 is 1.65 bits per heavy atom. The molecule has 18 atom stereocenters. The Labute approximate surface area is 356 Å². The number of carbonyl (C=O) groups excluding carboxylic acids is 2. The van der Waals surface area contributed by atoms with E-state index in [0.29, 0.717) is 36.6 Å². The first-order chi connectivity index (χ1) is 28.8. The van der Waals surface area contributed by atoms with Crippen molar-refractivity contribution in [3.63, 3.8) is 0 Å². The van der Waals surface area contributed by atoms with Crippen molar-refractivity contribution in [1.29, 1.82) is 0 Å². The van der Waals surface area contributed by atoms with Crippen LogP contribution >= 0.6 is 0 Å². The number of allylic oxidation sites excluding steroid dienone is 2. The van der Waals surface area contributed by atoms with Crippen molar-refractivity contribution in [3.05, 3.63) is 41.7 Å². The van der Waals surface area contributed by atoms with Crippen molar-refractivity contribution in [3.8, 4) is 0 Å². The number of hydrogen-bond acceptors (Lipinski definition) is 12. The molecule has 3 heterocycles. The first-order valence-electron chi connectivity index (χ1n) is 22.7. The van der Waals surface area contributed by atoms with Gasteiger partial charge in [0.05, 0.1) is 30.8 Å². The van der Waals surface area contributed by atoms with E-state index in [1.165, 1.54) is 12.1 Å². The van der Waals surface area contributed by atoms with Crippen LogP contribution in [-0.2, 0) is 47.5 Å². The number of methoxy groups -OCH3 is 3. The van der Waals surface area contributed by atoms with Crippen LogP contribution in [0.5, 0.6) is 0 Å². The minimum Gasteiger partial charge on any atom is -0.462 e. The van der Waals surface area contributed by atoms with E-state index in [1.807, 2.05) is 19.9 Å². The van der Waals surface area contributed by atoms with E-state index in [1.54, 1.807) is 27.4 Å². The highest BCUT2D eigenvalue weighted by atomic mass is 19.1. The molecule has 0 spiro atoms. The van der Waals surface area contributed by atoms with Crippen LogP contribution in [0, 0.1) is 41.3 Å². The number of benzene rings is 1. The van der Waals surface area contributed by atoms with E-state index in [9.17, 15) is 9.18 Å². The average molecular weight is 843 g/mol. The lowest BCUT2D eigenvalue weighted by Gasteiger charge is -2.45. The number of nitrogens with zero attached hydrogens (tertiary/aromatic N) is 1. The van der Waals surface area contributed by atoms with Crippen LogP contribution in [0.3, 0.4) is 0 Å². The largest absolute Gasteiger partial charge is 0.462 e. The zero-order chi connectivity index (χ0) is 42.8. The van der Waals surface area contributed by atoms with Gasteiger partial charge in [-0.05, 0) is 133 Å². The van der Waals surface area contributed by atoms with Gasteiger partial charge in [-0.3, -0.25) is 9.59 Å². The van der Waals surface area contributed by atoms with Gasteiger partial charge in [0.1, 0.15) is 30.2 Å². The molecular formula is C47H71FN2O10. The summed E-state index contributed by atoms with van der Waals surface area (Å²) < 4.78 is 64.8. The first kappa shape index (κ1) is 45.5. The number of Topliss-reactive ketones (excluding diaryl/α,β-unsaturated/α-hetero) is 1. The topological polar surface area (TPSA) is 123 Å². The second-order valence-corrected chi connectivity index (χ2v) is 18.7. The molecule has 0 radical (unpaired) electrons. The Bertz CT molecular complexity index is 1650. The summed E-state index contributed by atoms with van der Waals surface area (Å²) >= 11 is 0. The third-order valence-corrected chi connectivity index (χ3v) is 15.0. The van der Waals surface area contributed by atoms with Gasteiger partial charge in [0.15, 0.2) is 18.4 Å². The molecule has 13 heteroatoms. The number of ether oxygens (including phenoxy) is 8. The third kappa shape index (κ3) is 9.68. The number of carbonyl (C=O) groups is 2. The maximum atomic E-state index is 15.1. The molecule has 5 fully saturated rings. The second kappa shape index (κ2) is 19.9. The van der Waals surface area contributed by atoms with E-state index in [-0.39, 0.29) is 102 Å². The number of cyclic esters (lactones) is 1. The normalized spacial score (nSPS) is 42.6. The molecule has 1 aromatic rings. The van der Waals surface area contributed by atoms with Gasteiger partial charge < -0.3 is 48.1 Å². The number of likely N-dealkylation sites (N-methyl/N-ethyl adjacent to an activating group) is 1. The van der Waals surface area contributed by atoms with Crippen LogP contribution in [0.25, 0.3) is 0 Å². The molecule has 3 aliphatic heterocycles. The molecule has 3 saturated heterocycles. The van der Waals surface area contributed by atoms with E-state index in [0.717, 1.165) is 38.5 Å². The van der Waals surface area contributed by atoms with Gasteiger partial charge in [0.25, 0.3) is 0 Å². The molecule has 0 bridgehead atoms. The maximum Gasteiger partial charge on any atom is 0.306 e. The van der Waals surface area contributed by atoms with Gasteiger partial charge in [0, 0.05) is 50.9 Å². The number of esters is 1. The Kier molecular flexibility index (Phi) is 15.1. The van der Waals surface area contributed by atoms with Crippen molar-refractivity contribution in [2.75, 3.05) is 40.7 Å². The standard InChI is InChI=1S/C47H71FN2O10/c1-10-31-15-12-16-39(60-41-18-17-38(50(5)6)26(3)56-41)25(2)43(52)36-23-34-33-22-32(59-47-46(55-9)45(54-8)44(53-7)27(4)57-47)19-28(33)20-37(42(34)35(36)24-40(51)58-31)49-30-14-11-13-29(48)21-30/h11,13-14,21,23,25-28,31-35,37-39,41-42,44-47,49H,10,12,15-20,22,24H2,1-9H3/t25-,26?,27?,28+,31+,32-,33-,34+,35-,37+,38+,39+,41+,42-,44+,45?,46?,47+/m1/s1. The molecule has 60 heavy (non-hydrogen) atoms. The van der Waals surface area contributed by atoms with E-state index in [2.05, 4.69) is 44.2 Å². The Balaban J connectivity index is 1.19. The Morgan fingerprint density at radius 1 is 0.883 bits per heavy atom. The molecule has 4 unspecified atom stereocenters. The summed E-state index contributed by atoms with van der Waals surface area (Å²) in [5, 5.41) is 3.71. The highest BCUT2D eigenvalue weighted by Gasteiger charge is 2.57. The van der Waals surface area contributed by atoms with Crippen LogP contribution in [0.1, 0.15) is 91.9 Å². The molecule has 3 aliphatic carbocycles. The van der Waals surface area contributed by atoms with Gasteiger partial charge in [-0.15, -0.1) is 0 Å². The molecule has 7 rings (SSSR count). The number of anilines is 1. The van der Waals surface area contributed by atoms with Crippen LogP contribution in [0.2, 0.25) is 0 Å². The lowest BCUT2D eigenvalue weighted by Crippen LogP contribution is -2.59. The fourth-order valence-corrected chi connectivity index (χ4v) is 12.0. The molecular weight excluding hydrogens is 772 g/mol. The highest BCUT2D eigenvalue weighted by Crippen LogP contribution is 2.57. The predicted molar refractivity (Wildman–Crippen MR) is 224 cm³/mol. The van der Waals surface area contributed by atoms with Crippen molar-refractivity contribution in [2.45, 2.75) is 165 Å². The second-order valence-electron chi connectivity index (χ2n) is 18.7. The number of hydrogen-bond donors (Lipinski definition) is 1. The maximum absolute atomic E-state index is 15.1. The van der Waals surface area contributed by atoms with E-state index < -0.39 is 24.6 Å². The zero-order valence-corrected chi connectivity index (χ0v) is 37.3. The van der Waals surface area contributed by atoms with Gasteiger partial charge in [-0.2, -0.15) is 0 Å². The number of fused-ring (bicyclic) bond motifs is 5. The fraction of sp³-hybridized carbons (Fsp3) is 0.787. The number of halogens is 1. The lowest BCUT2D eigenvalue weighted by molar-refractivity contribution is -0.314. The lowest BCUT2D eigenvalue weighted by atomic mass is 9.63.